The van der Waals surface area contributed by atoms with Crippen molar-refractivity contribution in [3.63, 3.8) is 0 Å². The number of benzene rings is 3. The first-order valence-electron chi connectivity index (χ1n) is 12.0. The highest BCUT2D eigenvalue weighted by atomic mass is 16.1. The zero-order valence-electron chi connectivity index (χ0n) is 18.9. The highest BCUT2D eigenvalue weighted by Crippen LogP contribution is 2.38. The molecule has 33 heavy (non-hydrogen) atoms. The summed E-state index contributed by atoms with van der Waals surface area (Å²) >= 11 is 0. The number of hydrogen-bond donors (Lipinski definition) is 3. The molecule has 3 aromatic carbocycles. The number of aromatic amines is 1. The van der Waals surface area contributed by atoms with Gasteiger partial charge in [-0.25, -0.2) is 0 Å². The Balaban J connectivity index is 1.34. The van der Waals surface area contributed by atoms with Crippen molar-refractivity contribution in [3.8, 4) is 11.1 Å². The summed E-state index contributed by atoms with van der Waals surface area (Å²) in [4.78, 5) is 16.1. The first-order valence-corrected chi connectivity index (χ1v) is 12.0. The Morgan fingerprint density at radius 1 is 0.970 bits per heavy atom. The van der Waals surface area contributed by atoms with Gasteiger partial charge in [-0.3, -0.25) is 4.79 Å². The average Bonchev–Trinajstić information content (AvgIpc) is 3.24. The van der Waals surface area contributed by atoms with Gasteiger partial charge in [0, 0.05) is 40.8 Å². The Morgan fingerprint density at radius 3 is 2.67 bits per heavy atom. The van der Waals surface area contributed by atoms with Crippen LogP contribution in [0, 0.1) is 0 Å². The fourth-order valence-electron chi connectivity index (χ4n) is 5.54. The molecular weight excluding hydrogens is 406 g/mol. The summed E-state index contributed by atoms with van der Waals surface area (Å²) in [5, 5.41) is 8.14. The van der Waals surface area contributed by atoms with Gasteiger partial charge in [-0.15, -0.1) is 0 Å². The summed E-state index contributed by atoms with van der Waals surface area (Å²) in [6.07, 6.45) is 4.33. The Morgan fingerprint density at radius 2 is 1.79 bits per heavy atom. The van der Waals surface area contributed by atoms with Crippen molar-refractivity contribution in [2.75, 3.05) is 6.54 Å². The maximum Gasteiger partial charge on any atom is 0.251 e. The smallest absolute Gasteiger partial charge is 0.251 e. The van der Waals surface area contributed by atoms with Crippen LogP contribution in [0.2, 0.25) is 0 Å². The molecule has 1 aromatic heterocycles. The van der Waals surface area contributed by atoms with Gasteiger partial charge in [-0.1, -0.05) is 48.5 Å². The second kappa shape index (κ2) is 8.20. The van der Waals surface area contributed by atoms with Gasteiger partial charge in [0.2, 0.25) is 0 Å². The van der Waals surface area contributed by atoms with E-state index in [-0.39, 0.29) is 5.91 Å². The number of amides is 1. The van der Waals surface area contributed by atoms with Gasteiger partial charge in [-0.2, -0.15) is 0 Å². The third-order valence-electron chi connectivity index (χ3n) is 7.33. The molecule has 0 spiro atoms. The SMILES string of the molecule is CC(NC1CCCc2c1[nH]c1ccc(-c3ccc4c(c3)C(=O)NCC4)cc21)c1ccccc1. The molecule has 1 aliphatic heterocycles. The Hall–Kier alpha value is -3.37. The lowest BCUT2D eigenvalue weighted by atomic mass is 9.89. The monoisotopic (exact) mass is 435 g/mol. The van der Waals surface area contributed by atoms with Gasteiger partial charge < -0.3 is 15.6 Å². The zero-order chi connectivity index (χ0) is 22.4. The predicted molar refractivity (Wildman–Crippen MR) is 133 cm³/mol. The number of rotatable bonds is 4. The van der Waals surface area contributed by atoms with Crippen molar-refractivity contribution >= 4 is 16.8 Å². The summed E-state index contributed by atoms with van der Waals surface area (Å²) in [5.41, 5.74) is 9.51. The van der Waals surface area contributed by atoms with Crippen molar-refractivity contribution in [2.24, 2.45) is 0 Å². The second-order valence-corrected chi connectivity index (χ2v) is 9.40. The van der Waals surface area contributed by atoms with Crippen LogP contribution in [0.5, 0.6) is 0 Å². The van der Waals surface area contributed by atoms with Crippen LogP contribution in [0.15, 0.2) is 66.7 Å². The molecule has 4 aromatic rings. The van der Waals surface area contributed by atoms with Crippen LogP contribution < -0.4 is 10.6 Å². The van der Waals surface area contributed by atoms with Crippen LogP contribution in [0.25, 0.3) is 22.0 Å². The number of hydrogen-bond acceptors (Lipinski definition) is 2. The van der Waals surface area contributed by atoms with E-state index in [4.69, 9.17) is 0 Å². The Labute approximate surface area is 194 Å². The molecule has 1 aliphatic carbocycles. The summed E-state index contributed by atoms with van der Waals surface area (Å²) in [5.74, 6) is 0.0413. The maximum absolute atomic E-state index is 12.3. The van der Waals surface area contributed by atoms with E-state index >= 15 is 0 Å². The lowest BCUT2D eigenvalue weighted by Crippen LogP contribution is -2.31. The van der Waals surface area contributed by atoms with Crippen molar-refractivity contribution in [3.05, 3.63) is 94.7 Å². The molecular formula is C29H29N3O. The number of carbonyl (C=O) groups excluding carboxylic acids is 1. The fourth-order valence-corrected chi connectivity index (χ4v) is 5.54. The number of aryl methyl sites for hydroxylation is 1. The summed E-state index contributed by atoms with van der Waals surface area (Å²) in [6, 6.07) is 24.3. The highest BCUT2D eigenvalue weighted by Gasteiger charge is 2.26. The Kier molecular flexibility index (Phi) is 5.03. The molecule has 166 valence electrons. The molecule has 0 bridgehead atoms. The minimum absolute atomic E-state index is 0.0413. The number of nitrogens with one attached hydrogen (secondary N) is 3. The minimum atomic E-state index is 0.0413. The molecule has 2 atom stereocenters. The van der Waals surface area contributed by atoms with Crippen LogP contribution in [-0.2, 0) is 12.8 Å². The average molecular weight is 436 g/mol. The topological polar surface area (TPSA) is 56.9 Å². The van der Waals surface area contributed by atoms with Gasteiger partial charge in [0.05, 0.1) is 0 Å². The number of aromatic nitrogens is 1. The first-order chi connectivity index (χ1) is 16.2. The molecule has 2 unspecified atom stereocenters. The normalized spacial score (nSPS) is 18.5. The molecule has 6 rings (SSSR count). The van der Waals surface area contributed by atoms with Crippen molar-refractivity contribution < 1.29 is 4.79 Å². The quantitative estimate of drug-likeness (QED) is 0.377. The zero-order valence-corrected chi connectivity index (χ0v) is 18.9. The maximum atomic E-state index is 12.3. The molecule has 0 radical (unpaired) electrons. The van der Waals surface area contributed by atoms with Crippen LogP contribution >= 0.6 is 0 Å². The lowest BCUT2D eigenvalue weighted by Gasteiger charge is -2.27. The van der Waals surface area contributed by atoms with Gasteiger partial charge in [-0.05, 0) is 78.6 Å². The van der Waals surface area contributed by atoms with E-state index in [0.29, 0.717) is 12.1 Å². The molecule has 2 heterocycles. The standard InChI is InChI=1S/C29H29N3O/c1-18(19-6-3-2-4-7-19)31-27-9-5-8-23-25-17-22(12-13-26(25)32-28(23)27)21-11-10-20-14-15-30-29(33)24(20)16-21/h2-4,6-7,10-13,16-18,27,31-32H,5,8-9,14-15H2,1H3,(H,30,33). The van der Waals surface area contributed by atoms with Gasteiger partial charge in [0.15, 0.2) is 0 Å². The molecule has 4 nitrogen and oxygen atoms in total. The lowest BCUT2D eigenvalue weighted by molar-refractivity contribution is 0.0946. The van der Waals surface area contributed by atoms with E-state index in [9.17, 15) is 4.79 Å². The van der Waals surface area contributed by atoms with Crippen LogP contribution in [-0.4, -0.2) is 17.4 Å². The minimum Gasteiger partial charge on any atom is -0.357 e. The number of carbonyl (C=O) groups is 1. The second-order valence-electron chi connectivity index (χ2n) is 9.40. The molecule has 0 saturated heterocycles. The van der Waals surface area contributed by atoms with E-state index in [0.717, 1.165) is 42.5 Å². The van der Waals surface area contributed by atoms with Gasteiger partial charge in [0.25, 0.3) is 5.91 Å². The van der Waals surface area contributed by atoms with Crippen LogP contribution in [0.1, 0.15) is 64.6 Å². The molecule has 3 N–H and O–H groups in total. The molecule has 2 aliphatic rings. The van der Waals surface area contributed by atoms with Gasteiger partial charge in [0.1, 0.15) is 0 Å². The summed E-state index contributed by atoms with van der Waals surface area (Å²) in [7, 11) is 0. The van der Waals surface area contributed by atoms with E-state index in [1.807, 2.05) is 0 Å². The van der Waals surface area contributed by atoms with Gasteiger partial charge >= 0.3 is 0 Å². The fraction of sp³-hybridized carbons (Fsp3) is 0.276. The first kappa shape index (κ1) is 20.3. The van der Waals surface area contributed by atoms with E-state index < -0.39 is 0 Å². The summed E-state index contributed by atoms with van der Waals surface area (Å²) in [6.45, 7) is 2.97. The van der Waals surface area contributed by atoms with Crippen LogP contribution in [0.3, 0.4) is 0 Å². The van der Waals surface area contributed by atoms with Crippen molar-refractivity contribution in [1.82, 2.24) is 15.6 Å². The van der Waals surface area contributed by atoms with Crippen LogP contribution in [0.4, 0.5) is 0 Å². The number of fused-ring (bicyclic) bond motifs is 4. The van der Waals surface area contributed by atoms with E-state index in [1.54, 1.807) is 0 Å². The summed E-state index contributed by atoms with van der Waals surface area (Å²) < 4.78 is 0. The molecule has 4 heteroatoms. The third kappa shape index (κ3) is 3.65. The van der Waals surface area contributed by atoms with Crippen molar-refractivity contribution in [2.45, 2.75) is 44.7 Å². The molecule has 0 saturated carbocycles. The molecule has 1 amide bonds. The van der Waals surface area contributed by atoms with E-state index in [1.165, 1.54) is 39.7 Å². The molecule has 0 fully saturated rings. The third-order valence-corrected chi connectivity index (χ3v) is 7.33. The largest absolute Gasteiger partial charge is 0.357 e. The van der Waals surface area contributed by atoms with E-state index in [2.05, 4.69) is 89.3 Å². The number of H-pyrrole nitrogens is 1. The predicted octanol–water partition coefficient (Wildman–Crippen LogP) is 5.85. The van der Waals surface area contributed by atoms with Crippen molar-refractivity contribution in [1.29, 1.82) is 0 Å². The Bertz CT molecular complexity index is 1340. The highest BCUT2D eigenvalue weighted by molar-refractivity contribution is 5.98.